The van der Waals surface area contributed by atoms with Gasteiger partial charge in [-0.05, 0) is 61.7 Å². The Labute approximate surface area is 222 Å². The van der Waals surface area contributed by atoms with Crippen LogP contribution in [0.15, 0.2) is 42.5 Å². The molecule has 11 heteroatoms. The van der Waals surface area contributed by atoms with E-state index in [0.717, 1.165) is 36.2 Å². The summed E-state index contributed by atoms with van der Waals surface area (Å²) in [6.45, 7) is 1.21. The van der Waals surface area contributed by atoms with Gasteiger partial charge in [0.2, 0.25) is 21.8 Å². The molecule has 1 saturated carbocycles. The second-order valence-corrected chi connectivity index (χ2v) is 11.6. The lowest BCUT2D eigenvalue weighted by atomic mass is 10.1. The summed E-state index contributed by atoms with van der Waals surface area (Å²) in [6.07, 6.45) is 4.94. The molecule has 8 nitrogen and oxygen atoms in total. The fourth-order valence-corrected chi connectivity index (χ4v) is 5.34. The lowest BCUT2D eigenvalue weighted by molar-refractivity contribution is -0.139. The summed E-state index contributed by atoms with van der Waals surface area (Å²) < 4.78 is 31.4. The Morgan fingerprint density at radius 2 is 1.72 bits per heavy atom. The summed E-state index contributed by atoms with van der Waals surface area (Å²) in [5.74, 6) is -0.265. The number of benzene rings is 2. The molecule has 196 valence electrons. The second kappa shape index (κ2) is 12.2. The van der Waals surface area contributed by atoms with Crippen molar-refractivity contribution in [2.45, 2.75) is 51.2 Å². The third-order valence-corrected chi connectivity index (χ3v) is 8.12. The molecule has 1 aliphatic rings. The molecule has 2 aromatic rings. The SMILES string of the molecule is COc1ccc(N(CC(=O)N(Cc2ccc(Cl)c(Cl)c2)C(C)C(=O)NC2CCCC2)S(C)(=O)=O)cc1. The quantitative estimate of drug-likeness (QED) is 0.472. The van der Waals surface area contributed by atoms with Crippen LogP contribution in [-0.4, -0.2) is 57.1 Å². The third-order valence-electron chi connectivity index (χ3n) is 6.25. The van der Waals surface area contributed by atoms with Gasteiger partial charge < -0.3 is 15.0 Å². The fraction of sp³-hybridized carbons (Fsp3) is 0.440. The highest BCUT2D eigenvalue weighted by molar-refractivity contribution is 7.92. The first-order chi connectivity index (χ1) is 17.0. The topological polar surface area (TPSA) is 96.0 Å². The van der Waals surface area contributed by atoms with Gasteiger partial charge in [0, 0.05) is 12.6 Å². The first kappa shape index (κ1) is 28.1. The maximum atomic E-state index is 13.6. The zero-order valence-corrected chi connectivity index (χ0v) is 22.9. The van der Waals surface area contributed by atoms with Crippen molar-refractivity contribution in [1.82, 2.24) is 10.2 Å². The summed E-state index contributed by atoms with van der Waals surface area (Å²) in [5.41, 5.74) is 0.970. The fourth-order valence-electron chi connectivity index (χ4n) is 4.17. The van der Waals surface area contributed by atoms with Gasteiger partial charge in [0.25, 0.3) is 0 Å². The van der Waals surface area contributed by atoms with E-state index in [-0.39, 0.29) is 18.5 Å². The van der Waals surface area contributed by atoms with Crippen molar-refractivity contribution in [2.24, 2.45) is 0 Å². The highest BCUT2D eigenvalue weighted by Gasteiger charge is 2.31. The van der Waals surface area contributed by atoms with E-state index in [1.807, 2.05) is 0 Å². The van der Waals surface area contributed by atoms with Crippen molar-refractivity contribution in [3.8, 4) is 5.75 Å². The average molecular weight is 557 g/mol. The van der Waals surface area contributed by atoms with Gasteiger partial charge in [-0.2, -0.15) is 0 Å². The Morgan fingerprint density at radius 3 is 2.28 bits per heavy atom. The molecule has 1 unspecified atom stereocenters. The van der Waals surface area contributed by atoms with E-state index in [1.54, 1.807) is 49.4 Å². The van der Waals surface area contributed by atoms with Crippen LogP contribution < -0.4 is 14.4 Å². The number of nitrogens with one attached hydrogen (secondary N) is 1. The van der Waals surface area contributed by atoms with E-state index in [9.17, 15) is 18.0 Å². The highest BCUT2D eigenvalue weighted by atomic mass is 35.5. The lowest BCUT2D eigenvalue weighted by Crippen LogP contribution is -2.52. The van der Waals surface area contributed by atoms with Crippen LogP contribution in [0.2, 0.25) is 10.0 Å². The Bertz CT molecular complexity index is 1180. The largest absolute Gasteiger partial charge is 0.497 e. The minimum Gasteiger partial charge on any atom is -0.497 e. The number of carbonyl (C=O) groups excluding carboxylic acids is 2. The van der Waals surface area contributed by atoms with E-state index in [4.69, 9.17) is 27.9 Å². The minimum absolute atomic E-state index is 0.0508. The van der Waals surface area contributed by atoms with Crippen LogP contribution in [0.3, 0.4) is 0 Å². The molecule has 0 aromatic heterocycles. The van der Waals surface area contributed by atoms with Gasteiger partial charge in [0.05, 0.1) is 29.1 Å². The normalized spacial score (nSPS) is 14.8. The number of sulfonamides is 1. The standard InChI is InChI=1S/C25H31Cl2N3O5S/c1-17(25(32)28-19-6-4-5-7-19)29(15-18-8-13-22(26)23(27)14-18)24(31)16-30(36(3,33)34)20-9-11-21(35-2)12-10-20/h8-14,17,19H,4-7,15-16H2,1-3H3,(H,28,32). The highest BCUT2D eigenvalue weighted by Crippen LogP contribution is 2.25. The van der Waals surface area contributed by atoms with E-state index in [1.165, 1.54) is 12.0 Å². The number of ether oxygens (including phenoxy) is 1. The van der Waals surface area contributed by atoms with Gasteiger partial charge in [0.15, 0.2) is 0 Å². The third kappa shape index (κ3) is 7.27. The van der Waals surface area contributed by atoms with Gasteiger partial charge in [0.1, 0.15) is 18.3 Å². The molecule has 0 saturated heterocycles. The number of carbonyl (C=O) groups is 2. The Kier molecular flexibility index (Phi) is 9.49. The number of amides is 2. The molecule has 0 radical (unpaired) electrons. The summed E-state index contributed by atoms with van der Waals surface area (Å²) in [4.78, 5) is 28.0. The summed E-state index contributed by atoms with van der Waals surface area (Å²) in [5, 5.41) is 3.71. The zero-order chi connectivity index (χ0) is 26.5. The first-order valence-corrected chi connectivity index (χ1v) is 14.3. The van der Waals surface area contributed by atoms with E-state index < -0.39 is 28.5 Å². The number of anilines is 1. The van der Waals surface area contributed by atoms with E-state index in [2.05, 4.69) is 5.32 Å². The molecule has 1 atom stereocenters. The number of hydrogen-bond acceptors (Lipinski definition) is 5. The van der Waals surface area contributed by atoms with Crippen molar-refractivity contribution in [1.29, 1.82) is 0 Å². The molecular formula is C25H31Cl2N3O5S. The van der Waals surface area contributed by atoms with Crippen molar-refractivity contribution < 1.29 is 22.7 Å². The van der Waals surface area contributed by atoms with Crippen LogP contribution >= 0.6 is 23.2 Å². The van der Waals surface area contributed by atoms with Crippen LogP contribution in [0.5, 0.6) is 5.75 Å². The molecule has 3 rings (SSSR count). The van der Waals surface area contributed by atoms with Gasteiger partial charge in [-0.1, -0.05) is 42.1 Å². The Hall–Kier alpha value is -2.49. The van der Waals surface area contributed by atoms with Crippen LogP contribution in [0, 0.1) is 0 Å². The smallest absolute Gasteiger partial charge is 0.244 e. The van der Waals surface area contributed by atoms with Crippen LogP contribution in [0.4, 0.5) is 5.69 Å². The van der Waals surface area contributed by atoms with Crippen LogP contribution in [0.25, 0.3) is 0 Å². The molecule has 1 N–H and O–H groups in total. The molecule has 1 fully saturated rings. The zero-order valence-electron chi connectivity index (χ0n) is 20.5. The summed E-state index contributed by atoms with van der Waals surface area (Å²) in [7, 11) is -2.30. The monoisotopic (exact) mass is 555 g/mol. The number of hydrogen-bond donors (Lipinski definition) is 1. The summed E-state index contributed by atoms with van der Waals surface area (Å²) >= 11 is 12.2. The predicted molar refractivity (Wildman–Crippen MR) is 142 cm³/mol. The maximum Gasteiger partial charge on any atom is 0.244 e. The second-order valence-electron chi connectivity index (χ2n) is 8.90. The number of halogens is 2. The van der Waals surface area contributed by atoms with E-state index >= 15 is 0 Å². The summed E-state index contributed by atoms with van der Waals surface area (Å²) in [6, 6.07) is 10.5. The molecule has 0 heterocycles. The van der Waals surface area contributed by atoms with Crippen molar-refractivity contribution >= 4 is 50.7 Å². The molecule has 2 amide bonds. The van der Waals surface area contributed by atoms with Gasteiger partial charge >= 0.3 is 0 Å². The Morgan fingerprint density at radius 1 is 1.08 bits per heavy atom. The van der Waals surface area contributed by atoms with Gasteiger partial charge in [-0.25, -0.2) is 8.42 Å². The molecule has 1 aliphatic carbocycles. The van der Waals surface area contributed by atoms with Gasteiger partial charge in [-0.15, -0.1) is 0 Å². The van der Waals surface area contributed by atoms with Crippen molar-refractivity contribution in [3.63, 3.8) is 0 Å². The molecule has 0 aliphatic heterocycles. The van der Waals surface area contributed by atoms with Crippen molar-refractivity contribution in [3.05, 3.63) is 58.1 Å². The number of nitrogens with zero attached hydrogens (tertiary/aromatic N) is 2. The molecule has 0 bridgehead atoms. The van der Waals surface area contributed by atoms with Gasteiger partial charge in [-0.3, -0.25) is 13.9 Å². The minimum atomic E-state index is -3.81. The number of methoxy groups -OCH3 is 1. The predicted octanol–water partition coefficient (Wildman–Crippen LogP) is 4.24. The average Bonchev–Trinajstić information content (AvgIpc) is 3.35. The maximum absolute atomic E-state index is 13.6. The van der Waals surface area contributed by atoms with Crippen LogP contribution in [0.1, 0.15) is 38.2 Å². The molecule has 0 spiro atoms. The van der Waals surface area contributed by atoms with Crippen molar-refractivity contribution in [2.75, 3.05) is 24.2 Å². The lowest BCUT2D eigenvalue weighted by Gasteiger charge is -2.32. The van der Waals surface area contributed by atoms with E-state index in [0.29, 0.717) is 27.0 Å². The number of rotatable bonds is 10. The Balaban J connectivity index is 1.88. The molecule has 2 aromatic carbocycles. The first-order valence-electron chi connectivity index (χ1n) is 11.6. The molecule has 36 heavy (non-hydrogen) atoms. The molecular weight excluding hydrogens is 525 g/mol. The van der Waals surface area contributed by atoms with Crippen LogP contribution in [-0.2, 0) is 26.2 Å².